The summed E-state index contributed by atoms with van der Waals surface area (Å²) in [5, 5.41) is 10.7. The van der Waals surface area contributed by atoms with E-state index in [1.54, 1.807) is 18.2 Å². The highest BCUT2D eigenvalue weighted by atomic mass is 32.2. The number of carbonyl (C=O) groups excluding carboxylic acids is 2. The van der Waals surface area contributed by atoms with Gasteiger partial charge >= 0.3 is 12.2 Å². The third kappa shape index (κ3) is 11.9. The second-order valence-electron chi connectivity index (χ2n) is 6.89. The molecule has 0 aliphatic rings. The number of anilines is 2. The van der Waals surface area contributed by atoms with Crippen LogP contribution in [0.15, 0.2) is 23.1 Å². The van der Waals surface area contributed by atoms with E-state index < -0.39 is 23.0 Å². The molecule has 1 aromatic rings. The van der Waals surface area contributed by atoms with Gasteiger partial charge in [0.2, 0.25) is 0 Å². The van der Waals surface area contributed by atoms with Gasteiger partial charge in [0.05, 0.1) is 35.4 Å². The van der Waals surface area contributed by atoms with Crippen molar-refractivity contribution in [3.8, 4) is 0 Å². The van der Waals surface area contributed by atoms with Gasteiger partial charge in [0.25, 0.3) is 0 Å². The molecule has 184 valence electrons. The highest BCUT2D eigenvalue weighted by Gasteiger charge is 2.14. The van der Waals surface area contributed by atoms with Crippen molar-refractivity contribution in [2.75, 3.05) is 29.6 Å². The van der Waals surface area contributed by atoms with Crippen LogP contribution in [0.3, 0.4) is 0 Å². The van der Waals surface area contributed by atoms with Gasteiger partial charge in [-0.05, 0) is 61.9 Å². The van der Waals surface area contributed by atoms with E-state index in [2.05, 4.69) is 21.3 Å². The molecule has 0 aromatic heterocycles. The first kappa shape index (κ1) is 28.7. The van der Waals surface area contributed by atoms with Crippen molar-refractivity contribution in [1.82, 2.24) is 10.6 Å². The van der Waals surface area contributed by atoms with E-state index in [9.17, 15) is 13.8 Å². The first-order valence-corrected chi connectivity index (χ1v) is 13.0. The lowest BCUT2D eigenvalue weighted by Gasteiger charge is -2.17. The number of rotatable bonds is 11. The minimum Gasteiger partial charge on any atom is -0.449 e. The summed E-state index contributed by atoms with van der Waals surface area (Å²) in [6.07, 6.45) is 2.72. The number of carbonyl (C=O) groups is 2. The Bertz CT molecular complexity index is 851. The standard InChI is InChI=1S/C21H32N4O5S3/c1-4-7-11-29-20(26)24-18(31)22-16-10-9-15(33(28)13-6-3)14-17(16)23-19(32)25-21(27)30-12-8-5-2/h9-10,14H,4-8,11-13H2,1-3H3,(H2,22,24,26,31)(H2,23,25,27,32). The topological polar surface area (TPSA) is 118 Å². The van der Waals surface area contributed by atoms with Crippen molar-refractivity contribution in [3.05, 3.63) is 18.2 Å². The van der Waals surface area contributed by atoms with Gasteiger partial charge in [-0.3, -0.25) is 14.8 Å². The Kier molecular flexibility index (Phi) is 14.2. The third-order valence-corrected chi connectivity index (χ3v) is 6.00. The van der Waals surface area contributed by atoms with E-state index in [4.69, 9.17) is 33.9 Å². The van der Waals surface area contributed by atoms with Gasteiger partial charge in [0, 0.05) is 10.6 Å². The molecule has 12 heteroatoms. The van der Waals surface area contributed by atoms with Crippen LogP contribution >= 0.6 is 24.4 Å². The molecule has 0 fully saturated rings. The van der Waals surface area contributed by atoms with Crippen LogP contribution in [0.2, 0.25) is 0 Å². The lowest BCUT2D eigenvalue weighted by Crippen LogP contribution is -2.36. The normalized spacial score (nSPS) is 11.1. The Morgan fingerprint density at radius 2 is 1.36 bits per heavy atom. The fourth-order valence-corrected chi connectivity index (χ4v) is 3.83. The molecule has 9 nitrogen and oxygen atoms in total. The van der Waals surface area contributed by atoms with Crippen molar-refractivity contribution in [2.45, 2.75) is 57.8 Å². The molecular formula is C21H32N4O5S3. The second-order valence-corrected chi connectivity index (χ2v) is 9.28. The van der Waals surface area contributed by atoms with Crippen molar-refractivity contribution < 1.29 is 23.3 Å². The van der Waals surface area contributed by atoms with Gasteiger partial charge < -0.3 is 20.1 Å². The number of benzene rings is 1. The number of alkyl carbamates (subject to hydrolysis) is 2. The number of thiocarbonyl (C=S) groups is 2. The summed E-state index contributed by atoms with van der Waals surface area (Å²) >= 11 is 10.4. The summed E-state index contributed by atoms with van der Waals surface area (Å²) in [4.78, 5) is 24.3. The van der Waals surface area contributed by atoms with Gasteiger partial charge in [-0.15, -0.1) is 0 Å². The first-order valence-electron chi connectivity index (χ1n) is 10.8. The number of hydrogen-bond acceptors (Lipinski definition) is 7. The predicted molar refractivity (Wildman–Crippen MR) is 139 cm³/mol. The lowest BCUT2D eigenvalue weighted by molar-refractivity contribution is 0.149. The van der Waals surface area contributed by atoms with Gasteiger partial charge in [0.1, 0.15) is 0 Å². The Balaban J connectivity index is 2.90. The van der Waals surface area contributed by atoms with Crippen LogP contribution in [0.4, 0.5) is 21.0 Å². The van der Waals surface area contributed by atoms with Crippen LogP contribution < -0.4 is 21.3 Å². The van der Waals surface area contributed by atoms with Crippen LogP contribution in [0.1, 0.15) is 52.9 Å². The average molecular weight is 517 g/mol. The smallest absolute Gasteiger partial charge is 0.413 e. The molecule has 33 heavy (non-hydrogen) atoms. The monoisotopic (exact) mass is 516 g/mol. The van der Waals surface area contributed by atoms with E-state index in [1.165, 1.54) is 0 Å². The molecule has 0 spiro atoms. The van der Waals surface area contributed by atoms with Crippen LogP contribution in [-0.4, -0.2) is 45.6 Å². The third-order valence-electron chi connectivity index (χ3n) is 4.03. The fraction of sp³-hybridized carbons (Fsp3) is 0.524. The molecule has 0 aliphatic heterocycles. The van der Waals surface area contributed by atoms with Crippen molar-refractivity contribution in [3.63, 3.8) is 0 Å². The van der Waals surface area contributed by atoms with E-state index >= 15 is 0 Å². The maximum atomic E-state index is 12.5. The number of unbranched alkanes of at least 4 members (excludes halogenated alkanes) is 2. The van der Waals surface area contributed by atoms with E-state index in [-0.39, 0.29) is 16.8 Å². The molecular weight excluding hydrogens is 484 g/mol. The van der Waals surface area contributed by atoms with Crippen molar-refractivity contribution in [1.29, 1.82) is 0 Å². The highest BCUT2D eigenvalue weighted by Crippen LogP contribution is 2.25. The number of hydrogen-bond donors (Lipinski definition) is 4. The Hall–Kier alpha value is -2.31. The first-order chi connectivity index (χ1) is 15.8. The molecule has 0 bridgehead atoms. The Morgan fingerprint density at radius 1 is 0.848 bits per heavy atom. The molecule has 0 heterocycles. The number of amides is 2. The fourth-order valence-electron chi connectivity index (χ4n) is 2.36. The minimum absolute atomic E-state index is 0.00387. The zero-order valence-corrected chi connectivity index (χ0v) is 21.6. The highest BCUT2D eigenvalue weighted by molar-refractivity contribution is 7.85. The van der Waals surface area contributed by atoms with Crippen molar-refractivity contribution >= 4 is 69.0 Å². The minimum atomic E-state index is -1.21. The van der Waals surface area contributed by atoms with Crippen LogP contribution in [0.5, 0.6) is 0 Å². The number of ether oxygens (including phenoxy) is 2. The van der Waals surface area contributed by atoms with E-state index in [1.807, 2.05) is 20.8 Å². The molecule has 0 aliphatic carbocycles. The van der Waals surface area contributed by atoms with Gasteiger partial charge in [-0.2, -0.15) is 0 Å². The summed E-state index contributed by atoms with van der Waals surface area (Å²) < 4.78 is 22.5. The molecule has 1 aromatic carbocycles. The van der Waals surface area contributed by atoms with Crippen LogP contribution in [0, 0.1) is 0 Å². The molecule has 0 saturated carbocycles. The van der Waals surface area contributed by atoms with Crippen LogP contribution in [-0.2, 0) is 20.3 Å². The summed E-state index contributed by atoms with van der Waals surface area (Å²) in [7, 11) is -1.21. The zero-order valence-electron chi connectivity index (χ0n) is 19.2. The average Bonchev–Trinajstić information content (AvgIpc) is 2.75. The lowest BCUT2D eigenvalue weighted by atomic mass is 10.2. The summed E-state index contributed by atoms with van der Waals surface area (Å²) in [5.74, 6) is 0.502. The second kappa shape index (κ2) is 16.3. The van der Waals surface area contributed by atoms with Gasteiger partial charge in [0.15, 0.2) is 10.2 Å². The quantitative estimate of drug-likeness (QED) is 0.246. The molecule has 1 atom stereocenters. The molecule has 1 rings (SSSR count). The summed E-state index contributed by atoms with van der Waals surface area (Å²) in [6.45, 7) is 6.51. The van der Waals surface area contributed by atoms with Crippen LogP contribution in [0.25, 0.3) is 0 Å². The van der Waals surface area contributed by atoms with E-state index in [0.29, 0.717) is 28.6 Å². The summed E-state index contributed by atoms with van der Waals surface area (Å²) in [5.41, 5.74) is 0.869. The molecule has 2 amide bonds. The van der Waals surface area contributed by atoms with Gasteiger partial charge in [-0.25, -0.2) is 9.59 Å². The maximum absolute atomic E-state index is 12.5. The Labute approximate surface area is 208 Å². The molecule has 0 saturated heterocycles. The van der Waals surface area contributed by atoms with Crippen molar-refractivity contribution in [2.24, 2.45) is 0 Å². The van der Waals surface area contributed by atoms with Gasteiger partial charge in [-0.1, -0.05) is 33.6 Å². The maximum Gasteiger partial charge on any atom is 0.413 e. The molecule has 4 N–H and O–H groups in total. The molecule has 0 radical (unpaired) electrons. The van der Waals surface area contributed by atoms with E-state index in [0.717, 1.165) is 32.1 Å². The number of nitrogens with one attached hydrogen (secondary N) is 4. The largest absolute Gasteiger partial charge is 0.449 e. The SMILES string of the molecule is CCCCOC(=O)NC(=S)Nc1ccc(S(=O)CCC)cc1NC(=S)NC(=O)OCCCC. The predicted octanol–water partition coefficient (Wildman–Crippen LogP) is 4.65. The zero-order chi connectivity index (χ0) is 24.6. The molecule has 1 unspecified atom stereocenters. The summed E-state index contributed by atoms with van der Waals surface area (Å²) in [6, 6.07) is 4.99. The Morgan fingerprint density at radius 3 is 1.85 bits per heavy atom.